The largest absolute Gasteiger partial charge is 0.341 e. The Labute approximate surface area is 186 Å². The Kier molecular flexibility index (Phi) is 4.67. The van der Waals surface area contributed by atoms with E-state index in [4.69, 9.17) is 4.98 Å². The summed E-state index contributed by atoms with van der Waals surface area (Å²) in [5.74, 6) is 2.35. The number of aromatic nitrogens is 3. The van der Waals surface area contributed by atoms with Crippen LogP contribution < -0.4 is 0 Å². The number of H-pyrrole nitrogens is 1. The average molecular weight is 424 g/mol. The Morgan fingerprint density at radius 1 is 0.906 bits per heavy atom. The van der Waals surface area contributed by atoms with Crippen LogP contribution in [0.4, 0.5) is 4.39 Å². The fraction of sp³-hybridized carbons (Fsp3) is 0.286. The maximum Gasteiger partial charge on any atom is 0.123 e. The lowest BCUT2D eigenvalue weighted by atomic mass is 9.73. The number of rotatable bonds is 3. The molecule has 2 heterocycles. The molecule has 1 atom stereocenters. The molecule has 1 aliphatic rings. The van der Waals surface area contributed by atoms with Gasteiger partial charge < -0.3 is 4.98 Å². The molecule has 4 heteroatoms. The lowest BCUT2D eigenvalue weighted by Crippen LogP contribution is -2.19. The molecule has 0 aliphatic heterocycles. The number of hydrogen-bond donors (Lipinski definition) is 1. The molecule has 1 N–H and O–H groups in total. The Hall–Kier alpha value is -3.27. The van der Waals surface area contributed by atoms with Crippen molar-refractivity contribution in [1.29, 1.82) is 0 Å². The molecule has 0 unspecified atom stereocenters. The second-order valence-corrected chi connectivity index (χ2v) is 9.26. The van der Waals surface area contributed by atoms with Crippen molar-refractivity contribution in [1.82, 2.24) is 15.0 Å². The molecule has 3 nitrogen and oxygen atoms in total. The summed E-state index contributed by atoms with van der Waals surface area (Å²) in [6, 6.07) is 19.8. The Morgan fingerprint density at radius 2 is 1.72 bits per heavy atom. The minimum atomic E-state index is -0.188. The van der Waals surface area contributed by atoms with Gasteiger partial charge in [-0.05, 0) is 78.8 Å². The zero-order valence-corrected chi connectivity index (χ0v) is 18.2. The second kappa shape index (κ2) is 7.70. The SMILES string of the molecule is C[C@@H](c1nc2ccc3ccccc3c2[nH]1)[C@H]1CC[C@@H](c2ccnc3ccc(F)cc32)CC1. The van der Waals surface area contributed by atoms with Crippen LogP contribution in [-0.2, 0) is 0 Å². The number of benzene rings is 3. The van der Waals surface area contributed by atoms with Crippen molar-refractivity contribution in [3.63, 3.8) is 0 Å². The molecule has 1 aliphatic carbocycles. The summed E-state index contributed by atoms with van der Waals surface area (Å²) in [4.78, 5) is 13.0. The van der Waals surface area contributed by atoms with Crippen LogP contribution in [0, 0.1) is 11.7 Å². The summed E-state index contributed by atoms with van der Waals surface area (Å²) in [5, 5.41) is 3.44. The topological polar surface area (TPSA) is 41.6 Å². The third kappa shape index (κ3) is 3.26. The maximum atomic E-state index is 13.9. The summed E-state index contributed by atoms with van der Waals surface area (Å²) in [5.41, 5.74) is 4.32. The van der Waals surface area contributed by atoms with Crippen LogP contribution in [-0.4, -0.2) is 15.0 Å². The van der Waals surface area contributed by atoms with E-state index in [1.54, 1.807) is 12.1 Å². The van der Waals surface area contributed by atoms with E-state index in [2.05, 4.69) is 59.4 Å². The van der Waals surface area contributed by atoms with Gasteiger partial charge in [-0.1, -0.05) is 37.3 Å². The van der Waals surface area contributed by atoms with Gasteiger partial charge in [0, 0.05) is 22.9 Å². The van der Waals surface area contributed by atoms with E-state index < -0.39 is 0 Å². The summed E-state index contributed by atoms with van der Waals surface area (Å²) in [6.45, 7) is 2.31. The van der Waals surface area contributed by atoms with Crippen LogP contribution >= 0.6 is 0 Å². The van der Waals surface area contributed by atoms with Crippen molar-refractivity contribution in [3.05, 3.63) is 84.1 Å². The van der Waals surface area contributed by atoms with E-state index in [0.29, 0.717) is 17.8 Å². The Bertz CT molecular complexity index is 1430. The highest BCUT2D eigenvalue weighted by Crippen LogP contribution is 2.43. The van der Waals surface area contributed by atoms with Gasteiger partial charge in [0.1, 0.15) is 11.6 Å². The van der Waals surface area contributed by atoms with E-state index in [9.17, 15) is 4.39 Å². The molecule has 0 amide bonds. The molecule has 0 bridgehead atoms. The van der Waals surface area contributed by atoms with Gasteiger partial charge >= 0.3 is 0 Å². The van der Waals surface area contributed by atoms with Gasteiger partial charge in [0.15, 0.2) is 0 Å². The summed E-state index contributed by atoms with van der Waals surface area (Å²) >= 11 is 0. The lowest BCUT2D eigenvalue weighted by molar-refractivity contribution is 0.286. The molecule has 160 valence electrons. The zero-order chi connectivity index (χ0) is 21.7. The van der Waals surface area contributed by atoms with E-state index in [0.717, 1.165) is 53.4 Å². The van der Waals surface area contributed by atoms with Crippen LogP contribution in [0.5, 0.6) is 0 Å². The quantitative estimate of drug-likeness (QED) is 0.327. The van der Waals surface area contributed by atoms with Crippen LogP contribution in [0.3, 0.4) is 0 Å². The van der Waals surface area contributed by atoms with Gasteiger partial charge in [-0.15, -0.1) is 0 Å². The maximum absolute atomic E-state index is 13.9. The monoisotopic (exact) mass is 423 g/mol. The van der Waals surface area contributed by atoms with Crippen molar-refractivity contribution >= 4 is 32.7 Å². The van der Waals surface area contributed by atoms with Crippen molar-refractivity contribution in [2.75, 3.05) is 0 Å². The smallest absolute Gasteiger partial charge is 0.123 e. The molecule has 0 radical (unpaired) electrons. The van der Waals surface area contributed by atoms with Crippen LogP contribution in [0.25, 0.3) is 32.7 Å². The molecule has 0 spiro atoms. The highest BCUT2D eigenvalue weighted by molar-refractivity contribution is 6.04. The fourth-order valence-corrected chi connectivity index (χ4v) is 5.64. The van der Waals surface area contributed by atoms with Crippen LogP contribution in [0.2, 0.25) is 0 Å². The minimum Gasteiger partial charge on any atom is -0.341 e. The minimum absolute atomic E-state index is 0.188. The van der Waals surface area contributed by atoms with Gasteiger partial charge in [0.05, 0.1) is 16.6 Å². The van der Waals surface area contributed by atoms with E-state index in [-0.39, 0.29) is 5.82 Å². The number of nitrogens with zero attached hydrogens (tertiary/aromatic N) is 2. The number of hydrogen-bond acceptors (Lipinski definition) is 2. The summed E-state index contributed by atoms with van der Waals surface area (Å²) < 4.78 is 13.9. The van der Waals surface area contributed by atoms with Crippen molar-refractivity contribution in [2.24, 2.45) is 5.92 Å². The van der Waals surface area contributed by atoms with Crippen molar-refractivity contribution < 1.29 is 4.39 Å². The van der Waals surface area contributed by atoms with Gasteiger partial charge in [0.2, 0.25) is 0 Å². The Balaban J connectivity index is 1.24. The third-order valence-corrected chi connectivity index (χ3v) is 7.49. The molecule has 32 heavy (non-hydrogen) atoms. The highest BCUT2D eigenvalue weighted by Gasteiger charge is 2.29. The molecule has 3 aromatic carbocycles. The lowest BCUT2D eigenvalue weighted by Gasteiger charge is -2.32. The number of halogens is 1. The van der Waals surface area contributed by atoms with E-state index >= 15 is 0 Å². The predicted molar refractivity (Wildman–Crippen MR) is 128 cm³/mol. The normalized spacial score (nSPS) is 20.2. The number of aromatic amines is 1. The number of nitrogens with one attached hydrogen (secondary N) is 1. The van der Waals surface area contributed by atoms with Gasteiger partial charge in [-0.25, -0.2) is 9.37 Å². The number of imidazole rings is 1. The van der Waals surface area contributed by atoms with Gasteiger partial charge in [-0.2, -0.15) is 0 Å². The highest BCUT2D eigenvalue weighted by atomic mass is 19.1. The van der Waals surface area contributed by atoms with Gasteiger partial charge in [-0.3, -0.25) is 4.98 Å². The van der Waals surface area contributed by atoms with Crippen LogP contribution in [0.15, 0.2) is 66.9 Å². The molecule has 5 aromatic rings. The fourth-order valence-electron chi connectivity index (χ4n) is 5.64. The van der Waals surface area contributed by atoms with Crippen molar-refractivity contribution in [3.8, 4) is 0 Å². The number of fused-ring (bicyclic) bond motifs is 4. The molecule has 0 saturated heterocycles. The Morgan fingerprint density at radius 3 is 2.59 bits per heavy atom. The van der Waals surface area contributed by atoms with Crippen molar-refractivity contribution in [2.45, 2.75) is 44.4 Å². The zero-order valence-electron chi connectivity index (χ0n) is 18.2. The molecule has 1 fully saturated rings. The van der Waals surface area contributed by atoms with Gasteiger partial charge in [0.25, 0.3) is 0 Å². The first-order valence-electron chi connectivity index (χ1n) is 11.6. The summed E-state index contributed by atoms with van der Waals surface area (Å²) in [6.07, 6.45) is 6.41. The van der Waals surface area contributed by atoms with Crippen LogP contribution in [0.1, 0.15) is 55.8 Å². The first-order valence-corrected chi connectivity index (χ1v) is 11.6. The molecular formula is C28H26FN3. The molecule has 2 aromatic heterocycles. The average Bonchev–Trinajstić information content (AvgIpc) is 3.28. The predicted octanol–water partition coefficient (Wildman–Crippen LogP) is 7.48. The van der Waals surface area contributed by atoms with E-state index in [1.165, 1.54) is 22.4 Å². The standard InChI is InChI=1S/C28H26FN3/c1-17(28-31-26-12-10-19-4-2-3-5-23(19)27(26)32-28)18-6-8-20(9-7-18)22-14-15-30-25-13-11-21(29)16-24(22)25/h2-5,10-18,20H,6-9H2,1H3,(H,31,32)/t17-,18-,20+/m1/s1. The first-order chi connectivity index (χ1) is 15.7. The van der Waals surface area contributed by atoms with E-state index in [1.807, 2.05) is 6.20 Å². The number of pyridine rings is 1. The first kappa shape index (κ1) is 19.4. The third-order valence-electron chi connectivity index (χ3n) is 7.49. The molecule has 1 saturated carbocycles. The second-order valence-electron chi connectivity index (χ2n) is 9.26. The summed E-state index contributed by atoms with van der Waals surface area (Å²) in [7, 11) is 0. The molecule has 6 rings (SSSR count). The molecular weight excluding hydrogens is 397 g/mol.